The van der Waals surface area contributed by atoms with Crippen molar-refractivity contribution >= 4 is 38.6 Å². The van der Waals surface area contributed by atoms with Crippen LogP contribution in [0.1, 0.15) is 10.4 Å². The van der Waals surface area contributed by atoms with Crippen molar-refractivity contribution in [3.8, 4) is 17.2 Å². The fourth-order valence-electron chi connectivity index (χ4n) is 2.42. The van der Waals surface area contributed by atoms with Gasteiger partial charge in [-0.15, -0.1) is 0 Å². The number of rotatable bonds is 7. The predicted molar refractivity (Wildman–Crippen MR) is 105 cm³/mol. The molecule has 0 saturated carbocycles. The average Bonchev–Trinajstić information content (AvgIpc) is 3.12. The van der Waals surface area contributed by atoms with Crippen LogP contribution in [0.15, 0.2) is 36.4 Å². The van der Waals surface area contributed by atoms with Gasteiger partial charge in [0.1, 0.15) is 22.8 Å². The minimum atomic E-state index is -0.677. The lowest BCUT2D eigenvalue weighted by Crippen LogP contribution is -2.21. The zero-order chi connectivity index (χ0) is 20.1. The summed E-state index contributed by atoms with van der Waals surface area (Å²) in [4.78, 5) is 28.7. The van der Waals surface area contributed by atoms with Gasteiger partial charge in [-0.3, -0.25) is 10.1 Å². The smallest absolute Gasteiger partial charge is 0.342 e. The molecule has 0 spiro atoms. The van der Waals surface area contributed by atoms with Crippen molar-refractivity contribution in [1.29, 1.82) is 0 Å². The molecule has 0 aliphatic rings. The van der Waals surface area contributed by atoms with Gasteiger partial charge in [0.15, 0.2) is 11.7 Å². The third-order valence-electron chi connectivity index (χ3n) is 3.80. The van der Waals surface area contributed by atoms with Crippen LogP contribution in [-0.4, -0.2) is 44.8 Å². The Morgan fingerprint density at radius 2 is 1.71 bits per heavy atom. The highest BCUT2D eigenvalue weighted by Crippen LogP contribution is 2.29. The van der Waals surface area contributed by atoms with E-state index in [-0.39, 0.29) is 5.56 Å². The normalized spacial score (nSPS) is 10.4. The van der Waals surface area contributed by atoms with Crippen molar-refractivity contribution in [2.45, 2.75) is 0 Å². The van der Waals surface area contributed by atoms with E-state index in [0.29, 0.717) is 22.4 Å². The number of esters is 1. The van der Waals surface area contributed by atoms with Crippen LogP contribution in [0.3, 0.4) is 0 Å². The fourth-order valence-corrected chi connectivity index (χ4v) is 3.33. The van der Waals surface area contributed by atoms with Crippen LogP contribution in [0, 0.1) is 0 Å². The molecule has 146 valence electrons. The second-order valence-electron chi connectivity index (χ2n) is 5.54. The van der Waals surface area contributed by atoms with Crippen LogP contribution in [0.5, 0.6) is 17.2 Å². The number of carbonyl (C=O) groups is 2. The largest absolute Gasteiger partial charge is 0.497 e. The molecular formula is C19H18N2O6S. The number of aromatic nitrogens is 1. The Labute approximate surface area is 165 Å². The van der Waals surface area contributed by atoms with E-state index in [0.717, 1.165) is 10.2 Å². The van der Waals surface area contributed by atoms with Gasteiger partial charge in [0.25, 0.3) is 5.91 Å². The Morgan fingerprint density at radius 3 is 2.43 bits per heavy atom. The molecule has 0 unspecified atom stereocenters. The number of nitrogens with one attached hydrogen (secondary N) is 1. The number of ether oxygens (including phenoxy) is 4. The minimum absolute atomic E-state index is 0.197. The van der Waals surface area contributed by atoms with E-state index in [1.54, 1.807) is 31.4 Å². The minimum Gasteiger partial charge on any atom is -0.497 e. The highest BCUT2D eigenvalue weighted by atomic mass is 32.1. The third kappa shape index (κ3) is 4.32. The summed E-state index contributed by atoms with van der Waals surface area (Å²) in [5.74, 6) is 0.371. The second-order valence-corrected chi connectivity index (χ2v) is 6.57. The van der Waals surface area contributed by atoms with Gasteiger partial charge < -0.3 is 18.9 Å². The molecule has 0 atom stereocenters. The van der Waals surface area contributed by atoms with Gasteiger partial charge >= 0.3 is 5.97 Å². The number of benzene rings is 2. The van der Waals surface area contributed by atoms with Crippen LogP contribution >= 0.6 is 11.3 Å². The van der Waals surface area contributed by atoms with Gasteiger partial charge in [-0.25, -0.2) is 9.78 Å². The lowest BCUT2D eigenvalue weighted by molar-refractivity contribution is -0.119. The summed E-state index contributed by atoms with van der Waals surface area (Å²) in [7, 11) is 4.52. The molecule has 0 aliphatic carbocycles. The van der Waals surface area contributed by atoms with Crippen molar-refractivity contribution in [1.82, 2.24) is 4.98 Å². The van der Waals surface area contributed by atoms with E-state index >= 15 is 0 Å². The van der Waals surface area contributed by atoms with Gasteiger partial charge in [0, 0.05) is 6.07 Å². The Kier molecular flexibility index (Phi) is 5.95. The molecule has 1 heterocycles. The fraction of sp³-hybridized carbons (Fsp3) is 0.211. The SMILES string of the molecule is COc1ccc(C(=O)OCC(=O)Nc2nc3ccc(OC)cc3s2)c(OC)c1. The first-order chi connectivity index (χ1) is 13.5. The number of hydrogen-bond donors (Lipinski definition) is 1. The zero-order valence-corrected chi connectivity index (χ0v) is 16.3. The first-order valence-corrected chi connectivity index (χ1v) is 8.99. The molecule has 0 bridgehead atoms. The molecule has 1 aromatic heterocycles. The number of methoxy groups -OCH3 is 3. The van der Waals surface area contributed by atoms with E-state index in [4.69, 9.17) is 18.9 Å². The molecule has 0 fully saturated rings. The molecule has 3 aromatic rings. The number of anilines is 1. The molecule has 9 heteroatoms. The molecule has 0 saturated heterocycles. The standard InChI is InChI=1S/C19H18N2O6S/c1-24-11-4-6-13(15(8-11)26-3)18(23)27-10-17(22)21-19-20-14-7-5-12(25-2)9-16(14)28-19/h4-9H,10H2,1-3H3,(H,20,21,22). The Bertz CT molecular complexity index is 1020. The lowest BCUT2D eigenvalue weighted by Gasteiger charge is -2.10. The maximum absolute atomic E-state index is 12.2. The molecule has 2 aromatic carbocycles. The Hall–Kier alpha value is -3.33. The number of carbonyl (C=O) groups excluding carboxylic acids is 2. The summed E-state index contributed by atoms with van der Waals surface area (Å²) >= 11 is 1.30. The van der Waals surface area contributed by atoms with Gasteiger partial charge in [-0.05, 0) is 30.3 Å². The molecule has 0 aliphatic heterocycles. The predicted octanol–water partition coefficient (Wildman–Crippen LogP) is 3.12. The highest BCUT2D eigenvalue weighted by Gasteiger charge is 2.17. The number of hydrogen-bond acceptors (Lipinski definition) is 8. The molecule has 28 heavy (non-hydrogen) atoms. The Balaban J connectivity index is 1.62. The van der Waals surface area contributed by atoms with Crippen LogP contribution < -0.4 is 19.5 Å². The lowest BCUT2D eigenvalue weighted by atomic mass is 10.2. The van der Waals surface area contributed by atoms with E-state index < -0.39 is 18.5 Å². The number of nitrogens with zero attached hydrogens (tertiary/aromatic N) is 1. The van der Waals surface area contributed by atoms with Gasteiger partial charge in [-0.1, -0.05) is 11.3 Å². The molecule has 0 radical (unpaired) electrons. The maximum Gasteiger partial charge on any atom is 0.342 e. The van der Waals surface area contributed by atoms with Gasteiger partial charge in [-0.2, -0.15) is 0 Å². The first kappa shape index (κ1) is 19.4. The molecule has 8 nitrogen and oxygen atoms in total. The summed E-state index contributed by atoms with van der Waals surface area (Å²) in [6.07, 6.45) is 0. The summed E-state index contributed by atoms with van der Waals surface area (Å²) in [6.45, 7) is -0.451. The summed E-state index contributed by atoms with van der Waals surface area (Å²) in [5.41, 5.74) is 0.934. The van der Waals surface area contributed by atoms with Crippen molar-refractivity contribution < 1.29 is 28.5 Å². The van der Waals surface area contributed by atoms with E-state index in [2.05, 4.69) is 10.3 Å². The van der Waals surface area contributed by atoms with Gasteiger partial charge in [0.05, 0.1) is 31.5 Å². The van der Waals surface area contributed by atoms with Crippen LogP contribution in [-0.2, 0) is 9.53 Å². The molecule has 1 N–H and O–H groups in total. The topological polar surface area (TPSA) is 96.0 Å². The molecule has 1 amide bonds. The quantitative estimate of drug-likeness (QED) is 0.607. The van der Waals surface area contributed by atoms with E-state index in [1.807, 2.05) is 6.07 Å². The summed E-state index contributed by atoms with van der Waals surface area (Å²) in [5, 5.41) is 3.03. The maximum atomic E-state index is 12.2. The van der Waals surface area contributed by atoms with Gasteiger partial charge in [0.2, 0.25) is 0 Å². The number of fused-ring (bicyclic) bond motifs is 1. The van der Waals surface area contributed by atoms with Crippen LogP contribution in [0.2, 0.25) is 0 Å². The first-order valence-electron chi connectivity index (χ1n) is 8.17. The van der Waals surface area contributed by atoms with Crippen LogP contribution in [0.25, 0.3) is 10.2 Å². The van der Waals surface area contributed by atoms with Crippen LogP contribution in [0.4, 0.5) is 5.13 Å². The second kappa shape index (κ2) is 8.57. The molecule has 3 rings (SSSR count). The van der Waals surface area contributed by atoms with Crippen molar-refractivity contribution in [3.63, 3.8) is 0 Å². The van der Waals surface area contributed by atoms with E-state index in [1.165, 1.54) is 31.6 Å². The summed E-state index contributed by atoms with van der Waals surface area (Å²) in [6, 6.07) is 10.1. The van der Waals surface area contributed by atoms with E-state index in [9.17, 15) is 9.59 Å². The van der Waals surface area contributed by atoms with Crippen molar-refractivity contribution in [3.05, 3.63) is 42.0 Å². The summed E-state index contributed by atoms with van der Waals surface area (Å²) < 4.78 is 21.4. The number of thiazole rings is 1. The highest BCUT2D eigenvalue weighted by molar-refractivity contribution is 7.22. The Morgan fingerprint density at radius 1 is 1.00 bits per heavy atom. The number of amides is 1. The third-order valence-corrected chi connectivity index (χ3v) is 4.74. The monoisotopic (exact) mass is 402 g/mol. The average molecular weight is 402 g/mol. The zero-order valence-electron chi connectivity index (χ0n) is 15.5. The van der Waals surface area contributed by atoms with Crippen molar-refractivity contribution in [2.75, 3.05) is 33.3 Å². The molecular weight excluding hydrogens is 384 g/mol. The van der Waals surface area contributed by atoms with Crippen molar-refractivity contribution in [2.24, 2.45) is 0 Å².